The lowest BCUT2D eigenvalue weighted by Gasteiger charge is -2.11. The predicted molar refractivity (Wildman–Crippen MR) is 61.6 cm³/mol. The Bertz CT molecular complexity index is 434. The summed E-state index contributed by atoms with van der Waals surface area (Å²) in [5.41, 5.74) is 0.649. The summed E-state index contributed by atoms with van der Waals surface area (Å²) in [7, 11) is 2.73. The van der Waals surface area contributed by atoms with E-state index in [1.54, 1.807) is 24.3 Å². The fourth-order valence-corrected chi connectivity index (χ4v) is 1.30. The highest BCUT2D eigenvalue weighted by atomic mass is 16.5. The van der Waals surface area contributed by atoms with Crippen LogP contribution in [0, 0.1) is 0 Å². The van der Waals surface area contributed by atoms with E-state index in [2.05, 4.69) is 0 Å². The second-order valence-corrected chi connectivity index (χ2v) is 3.27. The van der Waals surface area contributed by atoms with E-state index in [1.165, 1.54) is 14.2 Å². The van der Waals surface area contributed by atoms with Crippen LogP contribution in [0.5, 0.6) is 5.75 Å². The normalized spacial score (nSPS) is 10.9. The van der Waals surface area contributed by atoms with Crippen LogP contribution in [0.15, 0.2) is 30.3 Å². The van der Waals surface area contributed by atoms with Gasteiger partial charge in [-0.2, -0.15) is 0 Å². The first-order chi connectivity index (χ1) is 8.10. The lowest BCUT2D eigenvalue weighted by Crippen LogP contribution is -2.23. The van der Waals surface area contributed by atoms with Crippen LogP contribution in [-0.2, 0) is 9.59 Å². The Kier molecular flexibility index (Phi) is 4.42. The molecular formula is C12H13NO4. The molecule has 1 amide bonds. The molecule has 1 aromatic rings. The maximum Gasteiger partial charge on any atom is 0.277 e. The molecule has 0 aliphatic rings. The number of allylic oxidation sites excluding steroid dienone is 1. The van der Waals surface area contributed by atoms with E-state index < -0.39 is 5.91 Å². The number of hydrogen-bond acceptors (Lipinski definition) is 4. The number of hydroxylamine groups is 2. The lowest BCUT2D eigenvalue weighted by atomic mass is 10.0. The van der Waals surface area contributed by atoms with Crippen LogP contribution in [0.1, 0.15) is 5.56 Å². The predicted octanol–water partition coefficient (Wildman–Crippen LogP) is 1.13. The lowest BCUT2D eigenvalue weighted by molar-refractivity contribution is -0.152. The Balaban J connectivity index is 3.10. The van der Waals surface area contributed by atoms with Crippen molar-refractivity contribution in [3.05, 3.63) is 35.9 Å². The second kappa shape index (κ2) is 5.81. The van der Waals surface area contributed by atoms with E-state index in [0.29, 0.717) is 22.7 Å². The van der Waals surface area contributed by atoms with Gasteiger partial charge in [-0.05, 0) is 23.8 Å². The van der Waals surface area contributed by atoms with Crippen LogP contribution in [0.25, 0.3) is 5.57 Å². The third kappa shape index (κ3) is 3.15. The molecule has 5 heteroatoms. The van der Waals surface area contributed by atoms with Crippen LogP contribution >= 0.6 is 0 Å². The molecule has 1 N–H and O–H groups in total. The molecule has 0 bridgehead atoms. The highest BCUT2D eigenvalue weighted by Crippen LogP contribution is 2.19. The van der Waals surface area contributed by atoms with Crippen molar-refractivity contribution in [2.75, 3.05) is 14.2 Å². The van der Waals surface area contributed by atoms with Crippen molar-refractivity contribution in [2.24, 2.45) is 0 Å². The first-order valence-electron chi connectivity index (χ1n) is 4.87. The van der Waals surface area contributed by atoms with Gasteiger partial charge in [0.25, 0.3) is 5.91 Å². The number of ether oxygens (including phenoxy) is 1. The van der Waals surface area contributed by atoms with Crippen molar-refractivity contribution in [1.29, 1.82) is 0 Å². The van der Waals surface area contributed by atoms with Gasteiger partial charge in [-0.25, -0.2) is 5.06 Å². The highest BCUT2D eigenvalue weighted by Gasteiger charge is 2.14. The molecule has 0 heterocycles. The van der Waals surface area contributed by atoms with Crippen LogP contribution in [-0.4, -0.2) is 36.6 Å². The number of methoxy groups -OCH3 is 1. The number of carbonyl (C=O) groups excluding carboxylic acids is 2. The third-order valence-electron chi connectivity index (χ3n) is 2.16. The summed E-state index contributed by atoms with van der Waals surface area (Å²) in [5.74, 6) is -0.00808. The minimum Gasteiger partial charge on any atom is -0.497 e. The molecule has 1 rings (SSSR count). The number of benzene rings is 1. The number of aldehydes is 1. The monoisotopic (exact) mass is 235 g/mol. The van der Waals surface area contributed by atoms with Crippen molar-refractivity contribution < 1.29 is 19.5 Å². The van der Waals surface area contributed by atoms with Crippen LogP contribution < -0.4 is 4.74 Å². The molecule has 0 atom stereocenters. The Hall–Kier alpha value is -2.14. The average molecular weight is 235 g/mol. The zero-order valence-electron chi connectivity index (χ0n) is 9.58. The first kappa shape index (κ1) is 12.9. The van der Waals surface area contributed by atoms with Gasteiger partial charge >= 0.3 is 0 Å². The Labute approximate surface area is 98.9 Å². The maximum atomic E-state index is 11.6. The first-order valence-corrected chi connectivity index (χ1v) is 4.87. The SMILES string of the molecule is COc1ccc(/C(=C/C=O)C(=O)N(C)O)cc1. The quantitative estimate of drug-likeness (QED) is 0.367. The zero-order chi connectivity index (χ0) is 12.8. The average Bonchev–Trinajstić information content (AvgIpc) is 2.35. The second-order valence-electron chi connectivity index (χ2n) is 3.27. The molecule has 1 aromatic carbocycles. The fourth-order valence-electron chi connectivity index (χ4n) is 1.30. The van der Waals surface area contributed by atoms with Crippen molar-refractivity contribution in [3.8, 4) is 5.75 Å². The van der Waals surface area contributed by atoms with E-state index in [0.717, 1.165) is 6.08 Å². The van der Waals surface area contributed by atoms with Crippen LogP contribution in [0.3, 0.4) is 0 Å². The summed E-state index contributed by atoms with van der Waals surface area (Å²) in [4.78, 5) is 22.1. The summed E-state index contributed by atoms with van der Waals surface area (Å²) in [5, 5.41) is 9.51. The summed E-state index contributed by atoms with van der Waals surface area (Å²) in [6, 6.07) is 6.60. The molecule has 0 spiro atoms. The number of nitrogens with zero attached hydrogens (tertiary/aromatic N) is 1. The van der Waals surface area contributed by atoms with Gasteiger partial charge in [-0.3, -0.25) is 14.8 Å². The number of likely N-dealkylation sites (N-methyl/N-ethyl adjacent to an activating group) is 1. The molecule has 0 saturated heterocycles. The molecule has 0 unspecified atom stereocenters. The topological polar surface area (TPSA) is 66.8 Å². The highest BCUT2D eigenvalue weighted by molar-refractivity contribution is 6.21. The Morgan fingerprint density at radius 1 is 1.35 bits per heavy atom. The Morgan fingerprint density at radius 3 is 2.35 bits per heavy atom. The molecule has 0 saturated carbocycles. The molecule has 0 radical (unpaired) electrons. The van der Waals surface area contributed by atoms with Crippen molar-refractivity contribution in [1.82, 2.24) is 5.06 Å². The van der Waals surface area contributed by atoms with Gasteiger partial charge in [0.2, 0.25) is 0 Å². The van der Waals surface area contributed by atoms with Crippen LogP contribution in [0.2, 0.25) is 0 Å². The van der Waals surface area contributed by atoms with E-state index in [1.807, 2.05) is 0 Å². The fraction of sp³-hybridized carbons (Fsp3) is 0.167. The summed E-state index contributed by atoms with van der Waals surface area (Å²) in [6.45, 7) is 0. The largest absolute Gasteiger partial charge is 0.497 e. The van der Waals surface area contributed by atoms with Gasteiger partial charge in [-0.1, -0.05) is 12.1 Å². The number of hydrogen-bond donors (Lipinski definition) is 1. The van der Waals surface area contributed by atoms with Gasteiger partial charge in [0.05, 0.1) is 12.7 Å². The van der Waals surface area contributed by atoms with Crippen molar-refractivity contribution >= 4 is 17.8 Å². The number of rotatable bonds is 4. The molecule has 0 aliphatic heterocycles. The smallest absolute Gasteiger partial charge is 0.277 e. The minimum atomic E-state index is -0.651. The summed E-state index contributed by atoms with van der Waals surface area (Å²) < 4.78 is 4.98. The molecule has 0 aromatic heterocycles. The van der Waals surface area contributed by atoms with Gasteiger partial charge in [0, 0.05) is 7.05 Å². The molecule has 0 aliphatic carbocycles. The Morgan fingerprint density at radius 2 is 1.94 bits per heavy atom. The van der Waals surface area contributed by atoms with Crippen molar-refractivity contribution in [3.63, 3.8) is 0 Å². The molecule has 17 heavy (non-hydrogen) atoms. The van der Waals surface area contributed by atoms with E-state index in [-0.39, 0.29) is 5.57 Å². The molecular weight excluding hydrogens is 222 g/mol. The summed E-state index contributed by atoms with van der Waals surface area (Å²) in [6.07, 6.45) is 1.61. The van der Waals surface area contributed by atoms with Crippen LogP contribution in [0.4, 0.5) is 0 Å². The zero-order valence-corrected chi connectivity index (χ0v) is 9.58. The number of amides is 1. The van der Waals surface area contributed by atoms with Gasteiger partial charge in [0.1, 0.15) is 12.0 Å². The third-order valence-corrected chi connectivity index (χ3v) is 2.16. The van der Waals surface area contributed by atoms with E-state index in [4.69, 9.17) is 9.94 Å². The van der Waals surface area contributed by atoms with E-state index >= 15 is 0 Å². The molecule has 0 fully saturated rings. The minimum absolute atomic E-state index is 0.118. The summed E-state index contributed by atoms with van der Waals surface area (Å²) >= 11 is 0. The van der Waals surface area contributed by atoms with E-state index in [9.17, 15) is 9.59 Å². The standard InChI is InChI=1S/C12H13NO4/c1-13(16)12(15)11(7-8-14)9-3-5-10(17-2)6-4-9/h3-8,16H,1-2H3/b11-7-. The van der Waals surface area contributed by atoms with Gasteiger partial charge in [0.15, 0.2) is 0 Å². The van der Waals surface area contributed by atoms with Gasteiger partial charge in [-0.15, -0.1) is 0 Å². The van der Waals surface area contributed by atoms with Gasteiger partial charge < -0.3 is 4.74 Å². The molecule has 90 valence electrons. The maximum absolute atomic E-state index is 11.6. The number of carbonyl (C=O) groups is 2. The molecule has 5 nitrogen and oxygen atoms in total. The van der Waals surface area contributed by atoms with Crippen molar-refractivity contribution in [2.45, 2.75) is 0 Å².